The van der Waals surface area contributed by atoms with Crippen molar-refractivity contribution >= 4 is 56.8 Å². The molecule has 1 aromatic carbocycles. The molecule has 0 spiro atoms. The zero-order valence-electron chi connectivity index (χ0n) is 11.8. The van der Waals surface area contributed by atoms with Crippen molar-refractivity contribution in [1.29, 1.82) is 0 Å². The van der Waals surface area contributed by atoms with Crippen LogP contribution in [-0.4, -0.2) is 23.0 Å². The van der Waals surface area contributed by atoms with Gasteiger partial charge in [0, 0.05) is 10.7 Å². The minimum Gasteiger partial charge on any atom is -0.449 e. The third-order valence-electron chi connectivity index (χ3n) is 2.78. The summed E-state index contributed by atoms with van der Waals surface area (Å²) in [5.74, 6) is -1.00. The summed E-state index contributed by atoms with van der Waals surface area (Å²) < 4.78 is 5.95. The highest BCUT2D eigenvalue weighted by atomic mass is 79.9. The van der Waals surface area contributed by atoms with Gasteiger partial charge in [-0.05, 0) is 37.3 Å². The van der Waals surface area contributed by atoms with E-state index in [-0.39, 0.29) is 10.8 Å². The van der Waals surface area contributed by atoms with Crippen molar-refractivity contribution in [2.24, 2.45) is 0 Å². The summed E-state index contributed by atoms with van der Waals surface area (Å²) in [6.45, 7) is 1.45. The highest BCUT2D eigenvalue weighted by Crippen LogP contribution is 2.22. The van der Waals surface area contributed by atoms with Crippen LogP contribution in [0.4, 0.5) is 5.82 Å². The van der Waals surface area contributed by atoms with Crippen LogP contribution in [-0.2, 0) is 9.53 Å². The van der Waals surface area contributed by atoms with Crippen molar-refractivity contribution in [1.82, 2.24) is 4.98 Å². The minimum absolute atomic E-state index is 0.146. The van der Waals surface area contributed by atoms with E-state index in [1.807, 2.05) is 0 Å². The van der Waals surface area contributed by atoms with Crippen molar-refractivity contribution in [3.8, 4) is 0 Å². The summed E-state index contributed by atoms with van der Waals surface area (Å²) in [5, 5.41) is 3.02. The summed E-state index contributed by atoms with van der Waals surface area (Å²) in [5.41, 5.74) is 0.343. The first kappa shape index (κ1) is 17.7. The Labute approximate surface area is 151 Å². The highest BCUT2D eigenvalue weighted by Gasteiger charge is 2.20. The van der Waals surface area contributed by atoms with E-state index >= 15 is 0 Å². The lowest BCUT2D eigenvalue weighted by Crippen LogP contribution is -2.30. The predicted molar refractivity (Wildman–Crippen MR) is 91.9 cm³/mol. The molecule has 2 rings (SSSR count). The zero-order valence-corrected chi connectivity index (χ0v) is 14.9. The van der Waals surface area contributed by atoms with Crippen LogP contribution >= 0.6 is 39.1 Å². The largest absolute Gasteiger partial charge is 0.449 e. The molecule has 0 saturated carbocycles. The average Bonchev–Trinajstić information content (AvgIpc) is 2.50. The van der Waals surface area contributed by atoms with Crippen molar-refractivity contribution in [2.75, 3.05) is 5.32 Å². The Bertz CT molecular complexity index is 738. The zero-order chi connectivity index (χ0) is 17.0. The van der Waals surface area contributed by atoms with Gasteiger partial charge in [-0.1, -0.05) is 39.1 Å². The maximum absolute atomic E-state index is 12.0. The van der Waals surface area contributed by atoms with Crippen LogP contribution in [0.2, 0.25) is 10.0 Å². The van der Waals surface area contributed by atoms with E-state index in [0.717, 1.165) is 4.47 Å². The quantitative estimate of drug-likeness (QED) is 0.751. The number of nitrogens with zero attached hydrogens (tertiary/aromatic N) is 1. The molecule has 8 heteroatoms. The number of esters is 1. The number of anilines is 1. The van der Waals surface area contributed by atoms with Gasteiger partial charge in [0.1, 0.15) is 0 Å². The van der Waals surface area contributed by atoms with Crippen molar-refractivity contribution in [3.05, 3.63) is 56.6 Å². The summed E-state index contributed by atoms with van der Waals surface area (Å²) >= 11 is 14.9. The fourth-order valence-electron chi connectivity index (χ4n) is 1.59. The number of carbonyl (C=O) groups excluding carboxylic acids is 2. The third kappa shape index (κ3) is 4.92. The number of carbonyl (C=O) groups is 2. The number of nitrogens with one attached hydrogen (secondary N) is 1. The van der Waals surface area contributed by atoms with Crippen LogP contribution < -0.4 is 5.32 Å². The van der Waals surface area contributed by atoms with Gasteiger partial charge in [-0.15, -0.1) is 0 Å². The Hall–Kier alpha value is -1.63. The summed E-state index contributed by atoms with van der Waals surface area (Å²) in [6, 6.07) is 8.05. The van der Waals surface area contributed by atoms with E-state index in [9.17, 15) is 9.59 Å². The number of rotatable bonds is 4. The Morgan fingerprint density at radius 2 is 1.91 bits per heavy atom. The third-order valence-corrected chi connectivity index (χ3v) is 3.81. The normalized spacial score (nSPS) is 11.7. The van der Waals surface area contributed by atoms with E-state index in [1.165, 1.54) is 19.2 Å². The number of halogens is 3. The fraction of sp³-hybridized carbons (Fsp3) is 0.133. The van der Waals surface area contributed by atoms with Gasteiger partial charge < -0.3 is 10.1 Å². The molecule has 0 aliphatic carbocycles. The van der Waals surface area contributed by atoms with Gasteiger partial charge in [0.25, 0.3) is 5.91 Å². The number of pyridine rings is 1. The van der Waals surface area contributed by atoms with E-state index in [0.29, 0.717) is 10.6 Å². The summed E-state index contributed by atoms with van der Waals surface area (Å²) in [6.07, 6.45) is 0.335. The number of hydrogen-bond donors (Lipinski definition) is 1. The second-order valence-electron chi connectivity index (χ2n) is 4.53. The Balaban J connectivity index is 1.99. The number of aromatic nitrogens is 1. The summed E-state index contributed by atoms with van der Waals surface area (Å²) in [4.78, 5) is 27.9. The van der Waals surface area contributed by atoms with Crippen molar-refractivity contribution < 1.29 is 14.3 Å². The van der Waals surface area contributed by atoms with Crippen LogP contribution in [0, 0.1) is 0 Å². The molecule has 120 valence electrons. The van der Waals surface area contributed by atoms with Gasteiger partial charge in [-0.3, -0.25) is 4.79 Å². The molecular weight excluding hydrogens is 407 g/mol. The molecular formula is C15H11BrCl2N2O3. The Kier molecular flexibility index (Phi) is 5.98. The highest BCUT2D eigenvalue weighted by molar-refractivity contribution is 9.10. The molecule has 0 fully saturated rings. The van der Waals surface area contributed by atoms with Gasteiger partial charge in [0.05, 0.1) is 15.6 Å². The molecule has 1 atom stereocenters. The second kappa shape index (κ2) is 7.77. The molecule has 1 unspecified atom stereocenters. The number of ether oxygens (including phenoxy) is 1. The van der Waals surface area contributed by atoms with Crippen molar-refractivity contribution in [3.63, 3.8) is 0 Å². The molecule has 0 bridgehead atoms. The molecule has 1 amide bonds. The van der Waals surface area contributed by atoms with E-state index in [1.54, 1.807) is 24.3 Å². The first-order valence-electron chi connectivity index (χ1n) is 6.45. The van der Waals surface area contributed by atoms with Crippen LogP contribution in [0.25, 0.3) is 0 Å². The van der Waals surface area contributed by atoms with Crippen LogP contribution in [0.5, 0.6) is 0 Å². The first-order valence-corrected chi connectivity index (χ1v) is 8.00. The molecule has 1 N–H and O–H groups in total. The molecule has 0 radical (unpaired) electrons. The molecule has 23 heavy (non-hydrogen) atoms. The maximum Gasteiger partial charge on any atom is 0.338 e. The van der Waals surface area contributed by atoms with Gasteiger partial charge in [-0.25, -0.2) is 9.78 Å². The van der Waals surface area contributed by atoms with Gasteiger partial charge >= 0.3 is 5.97 Å². The van der Waals surface area contributed by atoms with Gasteiger partial charge in [0.15, 0.2) is 11.9 Å². The standard InChI is InChI=1S/C15H11BrCl2N2O3/c1-8(23-15(22)9-2-4-10(16)5-3-9)14(21)20-13-12(18)6-11(17)7-19-13/h2-8H,1H3,(H,19,20,21). The topological polar surface area (TPSA) is 68.3 Å². The Morgan fingerprint density at radius 3 is 2.52 bits per heavy atom. The lowest BCUT2D eigenvalue weighted by Gasteiger charge is -2.13. The lowest BCUT2D eigenvalue weighted by atomic mass is 10.2. The minimum atomic E-state index is -1.01. The van der Waals surface area contributed by atoms with Crippen molar-refractivity contribution in [2.45, 2.75) is 13.0 Å². The van der Waals surface area contributed by atoms with Gasteiger partial charge in [-0.2, -0.15) is 0 Å². The predicted octanol–water partition coefficient (Wildman–Crippen LogP) is 4.33. The monoisotopic (exact) mass is 416 g/mol. The molecule has 1 aromatic heterocycles. The average molecular weight is 418 g/mol. The SMILES string of the molecule is CC(OC(=O)c1ccc(Br)cc1)C(=O)Nc1ncc(Cl)cc1Cl. The molecule has 0 aliphatic rings. The smallest absolute Gasteiger partial charge is 0.338 e. The van der Waals surface area contributed by atoms with E-state index < -0.39 is 18.0 Å². The first-order chi connectivity index (χ1) is 10.9. The number of benzene rings is 1. The summed E-state index contributed by atoms with van der Waals surface area (Å²) in [7, 11) is 0. The van der Waals surface area contributed by atoms with Crippen LogP contribution in [0.1, 0.15) is 17.3 Å². The second-order valence-corrected chi connectivity index (χ2v) is 6.29. The maximum atomic E-state index is 12.0. The van der Waals surface area contributed by atoms with E-state index in [4.69, 9.17) is 27.9 Å². The molecule has 2 aromatic rings. The molecule has 0 saturated heterocycles. The number of hydrogen-bond acceptors (Lipinski definition) is 4. The fourth-order valence-corrected chi connectivity index (χ4v) is 2.28. The van der Waals surface area contributed by atoms with Crippen LogP contribution in [0.15, 0.2) is 41.0 Å². The lowest BCUT2D eigenvalue weighted by molar-refractivity contribution is -0.123. The molecule has 1 heterocycles. The Morgan fingerprint density at radius 1 is 1.26 bits per heavy atom. The molecule has 0 aliphatic heterocycles. The van der Waals surface area contributed by atoms with Crippen LogP contribution in [0.3, 0.4) is 0 Å². The van der Waals surface area contributed by atoms with E-state index in [2.05, 4.69) is 26.2 Å². The number of amides is 1. The van der Waals surface area contributed by atoms with Gasteiger partial charge in [0.2, 0.25) is 0 Å². The molecule has 5 nitrogen and oxygen atoms in total.